The molecule has 6 rings (SSSR count). The van der Waals surface area contributed by atoms with E-state index >= 15 is 0 Å². The zero-order chi connectivity index (χ0) is 25.7. The molecule has 0 fully saturated rings. The molecule has 0 radical (unpaired) electrons. The summed E-state index contributed by atoms with van der Waals surface area (Å²) in [6.45, 7) is 3.85. The molecule has 180 valence electrons. The third-order valence-electron chi connectivity index (χ3n) is 6.68. The van der Waals surface area contributed by atoms with Gasteiger partial charge in [-0.25, -0.2) is 9.97 Å². The van der Waals surface area contributed by atoms with Crippen LogP contribution in [0.5, 0.6) is 0 Å². The molecule has 0 spiro atoms. The molecular formula is C36H26N2. The Labute approximate surface area is 223 Å². The predicted molar refractivity (Wildman–Crippen MR) is 159 cm³/mol. The van der Waals surface area contributed by atoms with Crippen LogP contribution < -0.4 is 0 Å². The highest BCUT2D eigenvalue weighted by molar-refractivity contribution is 5.86. The van der Waals surface area contributed by atoms with E-state index < -0.39 is 0 Å². The van der Waals surface area contributed by atoms with Gasteiger partial charge in [-0.3, -0.25) is 0 Å². The second-order valence-corrected chi connectivity index (χ2v) is 9.12. The van der Waals surface area contributed by atoms with E-state index in [0.29, 0.717) is 0 Å². The Balaban J connectivity index is 1.54. The van der Waals surface area contributed by atoms with Crippen molar-refractivity contribution >= 4 is 6.08 Å². The Hall–Kier alpha value is -5.08. The van der Waals surface area contributed by atoms with Crippen LogP contribution >= 0.6 is 0 Å². The Morgan fingerprint density at radius 1 is 0.342 bits per heavy atom. The lowest BCUT2D eigenvalue weighted by Gasteiger charge is -2.16. The highest BCUT2D eigenvalue weighted by Gasteiger charge is 2.19. The molecule has 0 aliphatic rings. The summed E-state index contributed by atoms with van der Waals surface area (Å²) < 4.78 is 0. The van der Waals surface area contributed by atoms with E-state index in [4.69, 9.17) is 9.97 Å². The molecule has 1 heterocycles. The molecule has 0 saturated heterocycles. The predicted octanol–water partition coefficient (Wildman–Crippen LogP) is 9.45. The minimum Gasteiger partial charge on any atom is -0.243 e. The third-order valence-corrected chi connectivity index (χ3v) is 6.68. The van der Waals surface area contributed by atoms with Crippen LogP contribution in [0.15, 0.2) is 146 Å². The molecule has 5 aromatic carbocycles. The maximum absolute atomic E-state index is 5.32. The Bertz CT molecular complexity index is 1670. The van der Waals surface area contributed by atoms with E-state index in [1.54, 1.807) is 0 Å². The fraction of sp³-hybridized carbons (Fsp3) is 0. The van der Waals surface area contributed by atoms with E-state index in [1.807, 2.05) is 60.7 Å². The van der Waals surface area contributed by atoms with Gasteiger partial charge in [-0.1, -0.05) is 152 Å². The summed E-state index contributed by atoms with van der Waals surface area (Å²) in [6, 6.07) is 47.9. The van der Waals surface area contributed by atoms with Crippen molar-refractivity contribution < 1.29 is 0 Å². The quantitative estimate of drug-likeness (QED) is 0.234. The summed E-state index contributed by atoms with van der Waals surface area (Å²) in [5.41, 5.74) is 11.1. The van der Waals surface area contributed by atoms with E-state index in [9.17, 15) is 0 Å². The molecule has 1 aromatic heterocycles. The maximum atomic E-state index is 5.32. The van der Waals surface area contributed by atoms with Gasteiger partial charge in [0.05, 0.1) is 22.8 Å². The normalized spacial score (nSPS) is 10.7. The maximum Gasteiger partial charge on any atom is 0.0973 e. The van der Waals surface area contributed by atoms with Crippen LogP contribution in [-0.2, 0) is 0 Å². The van der Waals surface area contributed by atoms with Gasteiger partial charge in [0.25, 0.3) is 0 Å². The van der Waals surface area contributed by atoms with Gasteiger partial charge in [-0.2, -0.15) is 0 Å². The zero-order valence-corrected chi connectivity index (χ0v) is 21.0. The molecule has 0 atom stereocenters. The molecule has 0 aliphatic carbocycles. The molecule has 0 saturated carbocycles. The van der Waals surface area contributed by atoms with Gasteiger partial charge in [0.15, 0.2) is 0 Å². The van der Waals surface area contributed by atoms with Crippen molar-refractivity contribution in [2.45, 2.75) is 0 Å². The number of hydrogen-bond acceptors (Lipinski definition) is 2. The van der Waals surface area contributed by atoms with E-state index in [0.717, 1.165) is 56.2 Å². The van der Waals surface area contributed by atoms with Gasteiger partial charge < -0.3 is 0 Å². The van der Waals surface area contributed by atoms with Crippen molar-refractivity contribution in [3.63, 3.8) is 0 Å². The largest absolute Gasteiger partial charge is 0.243 e. The minimum atomic E-state index is 0.864. The van der Waals surface area contributed by atoms with Crippen molar-refractivity contribution in [2.75, 3.05) is 0 Å². The second-order valence-electron chi connectivity index (χ2n) is 9.12. The van der Waals surface area contributed by atoms with Crippen LogP contribution in [-0.4, -0.2) is 9.97 Å². The van der Waals surface area contributed by atoms with Crippen molar-refractivity contribution in [3.05, 3.63) is 152 Å². The first kappa shape index (κ1) is 23.3. The minimum absolute atomic E-state index is 0.864. The molecule has 0 aliphatic heterocycles. The van der Waals surface area contributed by atoms with E-state index in [2.05, 4.69) is 91.5 Å². The summed E-state index contributed by atoms with van der Waals surface area (Å²) in [4.78, 5) is 10.6. The molecule has 0 bridgehead atoms. The Kier molecular flexibility index (Phi) is 6.44. The zero-order valence-electron chi connectivity index (χ0n) is 21.0. The molecular weight excluding hydrogens is 460 g/mol. The number of nitrogens with zero attached hydrogens (tertiary/aromatic N) is 2. The second kappa shape index (κ2) is 10.5. The van der Waals surface area contributed by atoms with Gasteiger partial charge in [-0.15, -0.1) is 0 Å². The van der Waals surface area contributed by atoms with Crippen molar-refractivity contribution in [2.24, 2.45) is 0 Å². The molecule has 0 amide bonds. The van der Waals surface area contributed by atoms with Gasteiger partial charge >= 0.3 is 0 Å². The van der Waals surface area contributed by atoms with Crippen LogP contribution in [0, 0.1) is 0 Å². The first-order valence-electron chi connectivity index (χ1n) is 12.7. The average molecular weight is 487 g/mol. The fourth-order valence-corrected chi connectivity index (χ4v) is 4.66. The SMILES string of the molecule is C=Cc1ccc(-c2ccc(-c3nc(-c4ccccc4)c(-c4ccccc4)nc3-c3ccccc3)cc2)cc1. The molecule has 2 heteroatoms. The molecule has 0 N–H and O–H groups in total. The number of hydrogen-bond donors (Lipinski definition) is 0. The number of benzene rings is 5. The average Bonchev–Trinajstić information content (AvgIpc) is 3.02. The van der Waals surface area contributed by atoms with Gasteiger partial charge in [0.2, 0.25) is 0 Å². The monoisotopic (exact) mass is 486 g/mol. The number of rotatable bonds is 6. The van der Waals surface area contributed by atoms with Gasteiger partial charge in [0.1, 0.15) is 0 Å². The number of aromatic nitrogens is 2. The van der Waals surface area contributed by atoms with Crippen molar-refractivity contribution in [1.29, 1.82) is 0 Å². The van der Waals surface area contributed by atoms with Gasteiger partial charge in [0, 0.05) is 22.3 Å². The summed E-state index contributed by atoms with van der Waals surface area (Å²) in [7, 11) is 0. The van der Waals surface area contributed by atoms with Crippen LogP contribution in [0.2, 0.25) is 0 Å². The Morgan fingerprint density at radius 3 is 0.974 bits per heavy atom. The molecule has 6 aromatic rings. The lowest BCUT2D eigenvalue weighted by Crippen LogP contribution is -2.00. The summed E-state index contributed by atoms with van der Waals surface area (Å²) in [5, 5.41) is 0. The molecule has 2 nitrogen and oxygen atoms in total. The third kappa shape index (κ3) is 4.68. The summed E-state index contributed by atoms with van der Waals surface area (Å²) in [6.07, 6.45) is 1.86. The van der Waals surface area contributed by atoms with Crippen LogP contribution in [0.25, 0.3) is 62.2 Å². The summed E-state index contributed by atoms with van der Waals surface area (Å²) in [5.74, 6) is 0. The topological polar surface area (TPSA) is 25.8 Å². The van der Waals surface area contributed by atoms with Gasteiger partial charge in [-0.05, 0) is 16.7 Å². The first-order valence-corrected chi connectivity index (χ1v) is 12.7. The standard InChI is InChI=1S/C36H26N2/c1-2-26-18-20-27(21-19-26)28-22-24-32(25-23-28)36-35(31-16-10-5-11-17-31)37-33(29-12-6-3-7-13-29)34(38-36)30-14-8-4-9-15-30/h2-25H,1H2. The van der Waals surface area contributed by atoms with Crippen LogP contribution in [0.1, 0.15) is 5.56 Å². The molecule has 0 unspecified atom stereocenters. The van der Waals surface area contributed by atoms with Crippen LogP contribution in [0.3, 0.4) is 0 Å². The summed E-state index contributed by atoms with van der Waals surface area (Å²) >= 11 is 0. The highest BCUT2D eigenvalue weighted by Crippen LogP contribution is 2.37. The smallest absolute Gasteiger partial charge is 0.0973 e. The lowest BCUT2D eigenvalue weighted by molar-refractivity contribution is 1.21. The first-order chi connectivity index (χ1) is 18.8. The van der Waals surface area contributed by atoms with Crippen molar-refractivity contribution in [3.8, 4) is 56.2 Å². The van der Waals surface area contributed by atoms with Crippen molar-refractivity contribution in [1.82, 2.24) is 9.97 Å². The highest BCUT2D eigenvalue weighted by atomic mass is 14.9. The molecule has 38 heavy (non-hydrogen) atoms. The van der Waals surface area contributed by atoms with Crippen LogP contribution in [0.4, 0.5) is 0 Å². The van der Waals surface area contributed by atoms with E-state index in [1.165, 1.54) is 5.56 Å². The van der Waals surface area contributed by atoms with E-state index in [-0.39, 0.29) is 0 Å². The lowest BCUT2D eigenvalue weighted by atomic mass is 9.97. The fourth-order valence-electron chi connectivity index (χ4n) is 4.66. The Morgan fingerprint density at radius 2 is 0.632 bits per heavy atom.